The Morgan fingerprint density at radius 3 is 1.00 bits per heavy atom. The predicted molar refractivity (Wildman–Crippen MR) is 53.1 cm³/mol. The molecule has 0 aromatic rings. The van der Waals surface area contributed by atoms with Gasteiger partial charge in [0, 0.05) is 8.80 Å². The summed E-state index contributed by atoms with van der Waals surface area (Å²) in [5.74, 6) is 0. The van der Waals surface area contributed by atoms with Gasteiger partial charge in [-0.1, -0.05) is 33.9 Å². The van der Waals surface area contributed by atoms with Crippen molar-refractivity contribution in [3.8, 4) is 0 Å². The van der Waals surface area contributed by atoms with Gasteiger partial charge in [0.1, 0.15) is 0 Å². The van der Waals surface area contributed by atoms with Gasteiger partial charge in [-0.3, -0.25) is 0 Å². The fraction of sp³-hybridized carbons (Fsp3) is 1.00. The van der Waals surface area contributed by atoms with Gasteiger partial charge in [0.15, 0.2) is 0 Å². The molecule has 0 rings (SSSR count). The van der Waals surface area contributed by atoms with Gasteiger partial charge in [0.2, 0.25) is 0 Å². The molecule has 0 aliphatic heterocycles. The zero-order chi connectivity index (χ0) is 6.08. The maximum Gasteiger partial charge on any atom is 0.0361 e. The lowest BCUT2D eigenvalue weighted by Gasteiger charge is -2.21. The van der Waals surface area contributed by atoms with E-state index in [1.165, 1.54) is 0 Å². The lowest BCUT2D eigenvalue weighted by molar-refractivity contribution is 0.742. The fourth-order valence-electron chi connectivity index (χ4n) is 0. The van der Waals surface area contributed by atoms with Crippen LogP contribution in [0.4, 0.5) is 0 Å². The lowest BCUT2D eigenvalue weighted by atomic mass is 10.2. The van der Waals surface area contributed by atoms with E-state index in [1.807, 2.05) is 0 Å². The van der Waals surface area contributed by atoms with E-state index in [0.29, 0.717) is 5.04 Å². The van der Waals surface area contributed by atoms with Crippen molar-refractivity contribution < 1.29 is 0 Å². The highest BCUT2D eigenvalue weighted by atomic mass is 35.5. The van der Waals surface area contributed by atoms with E-state index in [4.69, 9.17) is 0 Å². The van der Waals surface area contributed by atoms with Gasteiger partial charge in [-0.15, -0.1) is 24.8 Å². The van der Waals surface area contributed by atoms with Crippen molar-refractivity contribution in [2.75, 3.05) is 0 Å². The molecule has 3 heteroatoms. The van der Waals surface area contributed by atoms with E-state index in [1.54, 1.807) is 0 Å². The Labute approximate surface area is 72.8 Å². The number of rotatable bonds is 0. The van der Waals surface area contributed by atoms with Crippen molar-refractivity contribution in [2.24, 2.45) is 0 Å². The lowest BCUT2D eigenvalue weighted by Crippen LogP contribution is -2.16. The molecule has 0 atom stereocenters. The molecule has 0 heterocycles. The SMILES string of the molecule is C[SiH](C)C(C)(C)C.Cl.Cl. The molecular formula is C6H18Cl2Si. The summed E-state index contributed by atoms with van der Waals surface area (Å²) >= 11 is 0. The zero-order valence-corrected chi connectivity index (χ0v) is 9.68. The highest BCUT2D eigenvalue weighted by molar-refractivity contribution is 6.59. The van der Waals surface area contributed by atoms with Crippen molar-refractivity contribution in [1.29, 1.82) is 0 Å². The van der Waals surface area contributed by atoms with Crippen molar-refractivity contribution in [1.82, 2.24) is 0 Å². The maximum atomic E-state index is 2.39. The van der Waals surface area contributed by atoms with Crippen LogP contribution in [0.3, 0.4) is 0 Å². The van der Waals surface area contributed by atoms with Crippen molar-refractivity contribution in [2.45, 2.75) is 38.9 Å². The summed E-state index contributed by atoms with van der Waals surface area (Å²) in [4.78, 5) is 0. The standard InChI is InChI=1S/C6H16Si.2ClH/c1-6(2,3)7(4)5;;/h7H,1-5H3;2*1H. The Kier molecular flexibility index (Phi) is 10.2. The minimum Gasteiger partial charge on any atom is -0.147 e. The molecule has 0 amide bonds. The summed E-state index contributed by atoms with van der Waals surface area (Å²) in [7, 11) is -0.359. The molecular weight excluding hydrogens is 171 g/mol. The molecule has 0 N–H and O–H groups in total. The van der Waals surface area contributed by atoms with Crippen LogP contribution in [0, 0.1) is 0 Å². The molecule has 0 nitrogen and oxygen atoms in total. The predicted octanol–water partition coefficient (Wildman–Crippen LogP) is 3.12. The second-order valence-corrected chi connectivity index (χ2v) is 7.56. The first-order valence-electron chi connectivity index (χ1n) is 2.94. The molecule has 0 spiro atoms. The van der Waals surface area contributed by atoms with Gasteiger partial charge in [-0.05, 0) is 5.04 Å². The van der Waals surface area contributed by atoms with Crippen molar-refractivity contribution >= 4 is 33.6 Å². The van der Waals surface area contributed by atoms with Gasteiger partial charge in [0.25, 0.3) is 0 Å². The average Bonchev–Trinajstić information content (AvgIpc) is 1.31. The molecule has 0 aliphatic carbocycles. The summed E-state index contributed by atoms with van der Waals surface area (Å²) in [6.45, 7) is 11.7. The highest BCUT2D eigenvalue weighted by Gasteiger charge is 2.15. The van der Waals surface area contributed by atoms with E-state index >= 15 is 0 Å². The smallest absolute Gasteiger partial charge is 0.0361 e. The van der Waals surface area contributed by atoms with Gasteiger partial charge in [-0.25, -0.2) is 0 Å². The normalized spacial score (nSPS) is 10.0. The topological polar surface area (TPSA) is 0 Å². The molecule has 9 heavy (non-hydrogen) atoms. The molecule has 0 aromatic heterocycles. The quantitative estimate of drug-likeness (QED) is 0.513. The first-order chi connectivity index (χ1) is 2.94. The van der Waals surface area contributed by atoms with Crippen molar-refractivity contribution in [3.05, 3.63) is 0 Å². The van der Waals surface area contributed by atoms with Crippen LogP contribution >= 0.6 is 24.8 Å². The minimum absolute atomic E-state index is 0. The third-order valence-corrected chi connectivity index (χ3v) is 5.20. The van der Waals surface area contributed by atoms with Gasteiger partial charge < -0.3 is 0 Å². The molecule has 0 unspecified atom stereocenters. The second-order valence-electron chi connectivity index (χ2n) is 3.52. The Hall–Kier alpha value is 0.797. The second kappa shape index (κ2) is 5.57. The Morgan fingerprint density at radius 1 is 0.889 bits per heavy atom. The van der Waals surface area contributed by atoms with Gasteiger partial charge in [0.05, 0.1) is 0 Å². The molecule has 0 fully saturated rings. The molecule has 0 radical (unpaired) electrons. The van der Waals surface area contributed by atoms with E-state index in [-0.39, 0.29) is 33.6 Å². The minimum atomic E-state index is -0.359. The van der Waals surface area contributed by atoms with E-state index < -0.39 is 0 Å². The monoisotopic (exact) mass is 188 g/mol. The van der Waals surface area contributed by atoms with Crippen LogP contribution in [-0.2, 0) is 0 Å². The van der Waals surface area contributed by atoms with Crippen LogP contribution in [-0.4, -0.2) is 8.80 Å². The largest absolute Gasteiger partial charge is 0.147 e. The molecule has 60 valence electrons. The highest BCUT2D eigenvalue weighted by Crippen LogP contribution is 2.25. The zero-order valence-electron chi connectivity index (χ0n) is 6.89. The van der Waals surface area contributed by atoms with Crippen molar-refractivity contribution in [3.63, 3.8) is 0 Å². The summed E-state index contributed by atoms with van der Waals surface area (Å²) in [5, 5.41) is 0.639. The van der Waals surface area contributed by atoms with E-state index in [9.17, 15) is 0 Å². The first kappa shape index (κ1) is 16.4. The number of hydrogen-bond acceptors (Lipinski definition) is 0. The molecule has 0 aliphatic rings. The molecule has 0 saturated heterocycles. The third-order valence-electron chi connectivity index (χ3n) is 1.73. The average molecular weight is 189 g/mol. The summed E-state index contributed by atoms with van der Waals surface area (Å²) in [6.07, 6.45) is 0. The molecule has 0 aromatic carbocycles. The van der Waals surface area contributed by atoms with Crippen LogP contribution in [0.15, 0.2) is 0 Å². The van der Waals surface area contributed by atoms with Crippen LogP contribution < -0.4 is 0 Å². The van der Waals surface area contributed by atoms with E-state index in [0.717, 1.165) is 0 Å². The fourth-order valence-corrected chi connectivity index (χ4v) is 0. The Morgan fingerprint density at radius 2 is 1.00 bits per heavy atom. The summed E-state index contributed by atoms with van der Waals surface area (Å²) in [6, 6.07) is 0. The number of hydrogen-bond donors (Lipinski definition) is 0. The Balaban J connectivity index is -0.000000180. The molecule has 0 saturated carbocycles. The maximum absolute atomic E-state index is 2.39. The summed E-state index contributed by atoms with van der Waals surface area (Å²) in [5.41, 5.74) is 0. The number of halogens is 2. The van der Waals surface area contributed by atoms with Gasteiger partial charge in [-0.2, -0.15) is 0 Å². The van der Waals surface area contributed by atoms with Crippen LogP contribution in [0.1, 0.15) is 20.8 Å². The van der Waals surface area contributed by atoms with E-state index in [2.05, 4.69) is 33.9 Å². The molecule has 0 bridgehead atoms. The van der Waals surface area contributed by atoms with Crippen LogP contribution in [0.2, 0.25) is 18.1 Å². The summed E-state index contributed by atoms with van der Waals surface area (Å²) < 4.78 is 0. The van der Waals surface area contributed by atoms with Crippen LogP contribution in [0.25, 0.3) is 0 Å². The Bertz CT molecular complexity index is 56.6. The van der Waals surface area contributed by atoms with Crippen LogP contribution in [0.5, 0.6) is 0 Å². The van der Waals surface area contributed by atoms with Gasteiger partial charge >= 0.3 is 0 Å². The third kappa shape index (κ3) is 8.80. The first-order valence-corrected chi connectivity index (χ1v) is 5.83.